The van der Waals surface area contributed by atoms with E-state index < -0.39 is 11.7 Å². The fraction of sp³-hybridized carbons (Fsp3) is 0.158. The van der Waals surface area contributed by atoms with Crippen molar-refractivity contribution in [3.05, 3.63) is 68.5 Å². The lowest BCUT2D eigenvalue weighted by Gasteiger charge is -2.16. The van der Waals surface area contributed by atoms with Gasteiger partial charge in [0.2, 0.25) is 0 Å². The number of halogens is 2. The minimum atomic E-state index is -0.806. The minimum Gasteiger partial charge on any atom is -0.481 e. The molecular weight excluding hydrogens is 377 g/mol. The van der Waals surface area contributed by atoms with Crippen LogP contribution in [0.3, 0.4) is 0 Å². The molecule has 2 aromatic carbocycles. The molecule has 0 fully saturated rings. The summed E-state index contributed by atoms with van der Waals surface area (Å²) in [6, 6.07) is 11.5. The number of hydrogen-bond acceptors (Lipinski definition) is 4. The standard InChI is InChI=1S/C19H15Cl2NO4/c1-10-8-17(23)26-16-9-12(6-7-13(10)16)25-11(2)19(24)22-15-5-3-4-14(20)18(15)21/h3-9,11H,1-2H3,(H,22,24)/t11-/m0/s1. The van der Waals surface area contributed by atoms with Crippen molar-refractivity contribution in [2.45, 2.75) is 20.0 Å². The number of anilines is 1. The lowest BCUT2D eigenvalue weighted by Crippen LogP contribution is -2.30. The van der Waals surface area contributed by atoms with E-state index in [0.29, 0.717) is 22.0 Å². The fourth-order valence-electron chi connectivity index (χ4n) is 2.47. The van der Waals surface area contributed by atoms with Crippen LogP contribution in [0.2, 0.25) is 10.0 Å². The molecule has 1 heterocycles. The first-order valence-electron chi connectivity index (χ1n) is 7.81. The van der Waals surface area contributed by atoms with E-state index in [4.69, 9.17) is 32.4 Å². The van der Waals surface area contributed by atoms with Crippen molar-refractivity contribution in [3.63, 3.8) is 0 Å². The molecule has 0 aliphatic carbocycles. The van der Waals surface area contributed by atoms with Crippen molar-refractivity contribution in [2.24, 2.45) is 0 Å². The third-order valence-corrected chi connectivity index (χ3v) is 4.63. The summed E-state index contributed by atoms with van der Waals surface area (Å²) >= 11 is 12.0. The first kappa shape index (κ1) is 18.3. The second-order valence-corrected chi connectivity index (χ2v) is 6.54. The average molecular weight is 392 g/mol. The largest absolute Gasteiger partial charge is 0.481 e. The number of hydrogen-bond donors (Lipinski definition) is 1. The molecular formula is C19H15Cl2NO4. The van der Waals surface area contributed by atoms with E-state index in [1.807, 2.05) is 6.92 Å². The van der Waals surface area contributed by atoms with Crippen LogP contribution >= 0.6 is 23.2 Å². The highest BCUT2D eigenvalue weighted by atomic mass is 35.5. The fourth-order valence-corrected chi connectivity index (χ4v) is 2.82. The van der Waals surface area contributed by atoms with Crippen LogP contribution in [-0.2, 0) is 4.79 Å². The predicted octanol–water partition coefficient (Wildman–Crippen LogP) is 4.81. The Labute approximate surface area is 159 Å². The van der Waals surface area contributed by atoms with Crippen molar-refractivity contribution < 1.29 is 13.9 Å². The molecule has 1 amide bonds. The summed E-state index contributed by atoms with van der Waals surface area (Å²) < 4.78 is 10.8. The Bertz CT molecular complexity index is 1050. The minimum absolute atomic E-state index is 0.262. The summed E-state index contributed by atoms with van der Waals surface area (Å²) in [6.45, 7) is 3.43. The smallest absolute Gasteiger partial charge is 0.336 e. The summed E-state index contributed by atoms with van der Waals surface area (Å²) in [7, 11) is 0. The lowest BCUT2D eigenvalue weighted by atomic mass is 10.1. The third-order valence-electron chi connectivity index (χ3n) is 3.81. The Balaban J connectivity index is 1.77. The van der Waals surface area contributed by atoms with Crippen molar-refractivity contribution >= 4 is 45.8 Å². The molecule has 134 valence electrons. The molecule has 0 radical (unpaired) electrons. The molecule has 7 heteroatoms. The Kier molecular flexibility index (Phi) is 5.20. The van der Waals surface area contributed by atoms with Crippen LogP contribution in [0.25, 0.3) is 11.0 Å². The lowest BCUT2D eigenvalue weighted by molar-refractivity contribution is -0.122. The van der Waals surface area contributed by atoms with Gasteiger partial charge in [0.25, 0.3) is 5.91 Å². The zero-order valence-corrected chi connectivity index (χ0v) is 15.5. The topological polar surface area (TPSA) is 68.5 Å². The van der Waals surface area contributed by atoms with Gasteiger partial charge in [0.1, 0.15) is 11.3 Å². The van der Waals surface area contributed by atoms with E-state index in [9.17, 15) is 9.59 Å². The molecule has 0 unspecified atom stereocenters. The van der Waals surface area contributed by atoms with E-state index in [2.05, 4.69) is 5.32 Å². The Morgan fingerprint density at radius 3 is 2.73 bits per heavy atom. The van der Waals surface area contributed by atoms with Crippen LogP contribution in [0.5, 0.6) is 5.75 Å². The monoisotopic (exact) mass is 391 g/mol. The average Bonchev–Trinajstić information content (AvgIpc) is 2.58. The molecule has 26 heavy (non-hydrogen) atoms. The predicted molar refractivity (Wildman–Crippen MR) is 102 cm³/mol. The van der Waals surface area contributed by atoms with E-state index >= 15 is 0 Å². The van der Waals surface area contributed by atoms with E-state index in [1.165, 1.54) is 6.07 Å². The Hall–Kier alpha value is -2.50. The van der Waals surface area contributed by atoms with Crippen molar-refractivity contribution in [1.82, 2.24) is 0 Å². The van der Waals surface area contributed by atoms with Crippen LogP contribution < -0.4 is 15.7 Å². The first-order chi connectivity index (χ1) is 12.3. The van der Waals surface area contributed by atoms with Crippen LogP contribution in [-0.4, -0.2) is 12.0 Å². The number of rotatable bonds is 4. The molecule has 3 aromatic rings. The number of fused-ring (bicyclic) bond motifs is 1. The highest BCUT2D eigenvalue weighted by Gasteiger charge is 2.17. The molecule has 5 nitrogen and oxygen atoms in total. The molecule has 0 bridgehead atoms. The number of amides is 1. The maximum Gasteiger partial charge on any atom is 0.336 e. The van der Waals surface area contributed by atoms with Gasteiger partial charge in [-0.25, -0.2) is 4.79 Å². The van der Waals surface area contributed by atoms with Gasteiger partial charge in [-0.2, -0.15) is 0 Å². The Morgan fingerprint density at radius 2 is 1.96 bits per heavy atom. The molecule has 1 N–H and O–H groups in total. The van der Waals surface area contributed by atoms with Gasteiger partial charge in [0.15, 0.2) is 6.10 Å². The van der Waals surface area contributed by atoms with Gasteiger partial charge in [0.05, 0.1) is 15.7 Å². The van der Waals surface area contributed by atoms with Gasteiger partial charge >= 0.3 is 5.63 Å². The van der Waals surface area contributed by atoms with E-state index in [-0.39, 0.29) is 10.9 Å². The second kappa shape index (κ2) is 7.40. The SMILES string of the molecule is Cc1cc(=O)oc2cc(O[C@@H](C)C(=O)Nc3cccc(Cl)c3Cl)ccc12. The van der Waals surface area contributed by atoms with Crippen molar-refractivity contribution in [1.29, 1.82) is 0 Å². The molecule has 1 aromatic heterocycles. The first-order valence-corrected chi connectivity index (χ1v) is 8.57. The maximum atomic E-state index is 12.3. The van der Waals surface area contributed by atoms with E-state index in [0.717, 1.165) is 10.9 Å². The number of aryl methyl sites for hydroxylation is 1. The summed E-state index contributed by atoms with van der Waals surface area (Å²) in [5, 5.41) is 4.09. The van der Waals surface area contributed by atoms with Gasteiger partial charge in [0, 0.05) is 17.5 Å². The number of carbonyl (C=O) groups excluding carboxylic acids is 1. The van der Waals surface area contributed by atoms with Crippen LogP contribution in [0.15, 0.2) is 51.7 Å². The van der Waals surface area contributed by atoms with Gasteiger partial charge in [-0.1, -0.05) is 29.3 Å². The van der Waals surface area contributed by atoms with E-state index in [1.54, 1.807) is 43.3 Å². The normalized spacial score (nSPS) is 12.0. The number of ether oxygens (including phenoxy) is 1. The van der Waals surface area contributed by atoms with Gasteiger partial charge in [-0.15, -0.1) is 0 Å². The number of nitrogens with one attached hydrogen (secondary N) is 1. The Morgan fingerprint density at radius 1 is 1.19 bits per heavy atom. The van der Waals surface area contributed by atoms with Gasteiger partial charge in [-0.3, -0.25) is 4.79 Å². The van der Waals surface area contributed by atoms with Gasteiger partial charge < -0.3 is 14.5 Å². The molecule has 0 aliphatic rings. The van der Waals surface area contributed by atoms with Crippen LogP contribution in [0.4, 0.5) is 5.69 Å². The summed E-state index contributed by atoms with van der Waals surface area (Å²) in [4.78, 5) is 23.9. The molecule has 0 spiro atoms. The molecule has 0 aliphatic heterocycles. The maximum absolute atomic E-state index is 12.3. The molecule has 3 rings (SSSR count). The molecule has 0 saturated heterocycles. The highest BCUT2D eigenvalue weighted by molar-refractivity contribution is 6.44. The zero-order valence-electron chi connectivity index (χ0n) is 14.0. The number of benzene rings is 2. The van der Waals surface area contributed by atoms with Gasteiger partial charge in [-0.05, 0) is 43.7 Å². The molecule has 0 saturated carbocycles. The summed E-state index contributed by atoms with van der Waals surface area (Å²) in [5.41, 5.74) is 1.18. The highest BCUT2D eigenvalue weighted by Crippen LogP contribution is 2.30. The molecule has 1 atom stereocenters. The third kappa shape index (κ3) is 3.84. The van der Waals surface area contributed by atoms with Crippen molar-refractivity contribution in [2.75, 3.05) is 5.32 Å². The second-order valence-electron chi connectivity index (χ2n) is 5.76. The number of carbonyl (C=O) groups is 1. The zero-order chi connectivity index (χ0) is 18.8. The van der Waals surface area contributed by atoms with Crippen LogP contribution in [0, 0.1) is 6.92 Å². The van der Waals surface area contributed by atoms with Crippen LogP contribution in [0.1, 0.15) is 12.5 Å². The summed E-state index contributed by atoms with van der Waals surface area (Å²) in [5.74, 6) is 0.0195. The summed E-state index contributed by atoms with van der Waals surface area (Å²) in [6.07, 6.45) is -0.806. The quantitative estimate of drug-likeness (QED) is 0.647. The van der Waals surface area contributed by atoms with Crippen molar-refractivity contribution in [3.8, 4) is 5.75 Å².